The number of rotatable bonds is 7. The third kappa shape index (κ3) is 5.07. The van der Waals surface area contributed by atoms with Gasteiger partial charge in [0.1, 0.15) is 0 Å². The molecule has 3 nitrogen and oxygen atoms in total. The summed E-state index contributed by atoms with van der Waals surface area (Å²) in [5, 5.41) is 9.25. The van der Waals surface area contributed by atoms with Crippen LogP contribution in [-0.2, 0) is 0 Å². The van der Waals surface area contributed by atoms with Crippen molar-refractivity contribution in [2.45, 2.75) is 6.10 Å². The van der Waals surface area contributed by atoms with Crippen molar-refractivity contribution < 1.29 is 5.11 Å². The summed E-state index contributed by atoms with van der Waals surface area (Å²) in [7, 11) is 0. The maximum Gasteiger partial charge on any atom is 0.0789 e. The number of nitrogens with two attached hydrogens (primary N) is 1. The minimum absolute atomic E-state index is 0.296. The van der Waals surface area contributed by atoms with E-state index in [9.17, 15) is 5.11 Å². The van der Waals surface area contributed by atoms with Crippen LogP contribution < -0.4 is 5.73 Å². The first-order chi connectivity index (χ1) is 5.74. The van der Waals surface area contributed by atoms with Crippen LogP contribution in [-0.4, -0.2) is 42.3 Å². The highest BCUT2D eigenvalue weighted by atomic mass is 16.3. The maximum absolute atomic E-state index is 9.25. The van der Waals surface area contributed by atoms with Crippen LogP contribution >= 0.6 is 0 Å². The topological polar surface area (TPSA) is 49.5 Å². The van der Waals surface area contributed by atoms with Crippen LogP contribution in [0.1, 0.15) is 0 Å². The monoisotopic (exact) mass is 170 g/mol. The van der Waals surface area contributed by atoms with Crippen LogP contribution in [0.25, 0.3) is 0 Å². The molecule has 0 saturated heterocycles. The Morgan fingerprint density at radius 2 is 1.83 bits per heavy atom. The Morgan fingerprint density at radius 3 is 2.17 bits per heavy atom. The largest absolute Gasteiger partial charge is 0.390 e. The highest BCUT2D eigenvalue weighted by Crippen LogP contribution is 1.92. The van der Waals surface area contributed by atoms with Gasteiger partial charge in [0.25, 0.3) is 0 Å². The lowest BCUT2D eigenvalue weighted by molar-refractivity contribution is 0.131. The lowest BCUT2D eigenvalue weighted by atomic mass is 10.3. The number of hydrogen-bond donors (Lipinski definition) is 2. The minimum Gasteiger partial charge on any atom is -0.390 e. The molecule has 0 saturated carbocycles. The van der Waals surface area contributed by atoms with Gasteiger partial charge in [0.15, 0.2) is 0 Å². The maximum atomic E-state index is 9.25. The number of aliphatic hydroxyl groups excluding tert-OH is 1. The number of hydrogen-bond acceptors (Lipinski definition) is 3. The fourth-order valence-electron chi connectivity index (χ4n) is 0.961. The molecule has 0 aromatic rings. The van der Waals surface area contributed by atoms with Crippen LogP contribution in [0.15, 0.2) is 25.3 Å². The zero-order valence-corrected chi connectivity index (χ0v) is 7.45. The molecule has 0 radical (unpaired) electrons. The van der Waals surface area contributed by atoms with Gasteiger partial charge >= 0.3 is 0 Å². The molecule has 0 aliphatic heterocycles. The second kappa shape index (κ2) is 7.03. The minimum atomic E-state index is -0.454. The van der Waals surface area contributed by atoms with Gasteiger partial charge in [-0.15, -0.1) is 13.2 Å². The van der Waals surface area contributed by atoms with Crippen LogP contribution in [0.2, 0.25) is 0 Å². The summed E-state index contributed by atoms with van der Waals surface area (Å²) in [6.07, 6.45) is 3.14. The Balaban J connectivity index is 3.75. The first-order valence-corrected chi connectivity index (χ1v) is 4.06. The highest BCUT2D eigenvalue weighted by molar-refractivity contribution is 4.81. The average molecular weight is 170 g/mol. The Hall–Kier alpha value is -0.640. The van der Waals surface area contributed by atoms with Crippen molar-refractivity contribution in [3.8, 4) is 0 Å². The van der Waals surface area contributed by atoms with E-state index in [1.165, 1.54) is 0 Å². The van der Waals surface area contributed by atoms with Gasteiger partial charge in [-0.05, 0) is 0 Å². The molecule has 12 heavy (non-hydrogen) atoms. The van der Waals surface area contributed by atoms with E-state index < -0.39 is 6.10 Å². The molecule has 0 rings (SSSR count). The molecule has 0 fully saturated rings. The molecule has 0 aliphatic rings. The van der Waals surface area contributed by atoms with Gasteiger partial charge in [-0.3, -0.25) is 4.90 Å². The molecule has 3 N–H and O–H groups in total. The highest BCUT2D eigenvalue weighted by Gasteiger charge is 2.06. The average Bonchev–Trinajstić information content (AvgIpc) is 2.05. The molecule has 0 heterocycles. The first-order valence-electron chi connectivity index (χ1n) is 4.06. The van der Waals surface area contributed by atoms with Gasteiger partial charge in [0, 0.05) is 26.2 Å². The van der Waals surface area contributed by atoms with Gasteiger partial charge in [-0.25, -0.2) is 0 Å². The van der Waals surface area contributed by atoms with E-state index in [1.54, 1.807) is 12.2 Å². The second-order valence-electron chi connectivity index (χ2n) is 2.69. The molecule has 0 aromatic carbocycles. The smallest absolute Gasteiger partial charge is 0.0789 e. The molecular formula is C9H18N2O. The molecular weight excluding hydrogens is 152 g/mol. The zero-order chi connectivity index (χ0) is 9.40. The SMILES string of the molecule is C=CCN(CC=C)CC(O)CN. The molecule has 70 valence electrons. The summed E-state index contributed by atoms with van der Waals surface area (Å²) in [4.78, 5) is 2.03. The summed E-state index contributed by atoms with van der Waals surface area (Å²) >= 11 is 0. The van der Waals surface area contributed by atoms with Crippen molar-refractivity contribution in [3.63, 3.8) is 0 Å². The summed E-state index contributed by atoms with van der Waals surface area (Å²) in [5.41, 5.74) is 5.28. The fraction of sp³-hybridized carbons (Fsp3) is 0.556. The molecule has 1 atom stereocenters. The zero-order valence-electron chi connectivity index (χ0n) is 7.45. The number of aliphatic hydroxyl groups is 1. The van der Waals surface area contributed by atoms with Gasteiger partial charge in [0.05, 0.1) is 6.10 Å². The molecule has 0 bridgehead atoms. The van der Waals surface area contributed by atoms with Crippen molar-refractivity contribution >= 4 is 0 Å². The third-order valence-electron chi connectivity index (χ3n) is 1.52. The molecule has 0 aliphatic carbocycles. The van der Waals surface area contributed by atoms with Crippen molar-refractivity contribution in [1.29, 1.82) is 0 Å². The fourth-order valence-corrected chi connectivity index (χ4v) is 0.961. The Kier molecular flexibility index (Phi) is 6.66. The predicted molar refractivity (Wildman–Crippen MR) is 51.9 cm³/mol. The Bertz CT molecular complexity index is 126. The first kappa shape index (κ1) is 11.4. The van der Waals surface area contributed by atoms with Crippen LogP contribution in [0, 0.1) is 0 Å². The van der Waals surface area contributed by atoms with Crippen molar-refractivity contribution in [2.75, 3.05) is 26.2 Å². The molecule has 0 spiro atoms. The van der Waals surface area contributed by atoms with Gasteiger partial charge < -0.3 is 10.8 Å². The van der Waals surface area contributed by atoms with Crippen LogP contribution in [0.3, 0.4) is 0 Å². The Labute approximate surface area is 74.2 Å². The van der Waals surface area contributed by atoms with E-state index in [1.807, 2.05) is 4.90 Å². The van der Waals surface area contributed by atoms with Crippen LogP contribution in [0.4, 0.5) is 0 Å². The molecule has 0 aromatic heterocycles. The quantitative estimate of drug-likeness (QED) is 0.528. The predicted octanol–water partition coefficient (Wildman–Crippen LogP) is -0.0200. The van der Waals surface area contributed by atoms with E-state index in [0.717, 1.165) is 13.1 Å². The molecule has 1 unspecified atom stereocenters. The van der Waals surface area contributed by atoms with Crippen molar-refractivity contribution in [3.05, 3.63) is 25.3 Å². The summed E-state index contributed by atoms with van der Waals surface area (Å²) in [5.74, 6) is 0. The molecule has 0 amide bonds. The summed E-state index contributed by atoms with van der Waals surface area (Å²) < 4.78 is 0. The third-order valence-corrected chi connectivity index (χ3v) is 1.52. The normalized spacial score (nSPS) is 12.9. The van der Waals surface area contributed by atoms with E-state index in [0.29, 0.717) is 13.1 Å². The lowest BCUT2D eigenvalue weighted by Crippen LogP contribution is -2.36. The van der Waals surface area contributed by atoms with Crippen molar-refractivity contribution in [1.82, 2.24) is 4.90 Å². The second-order valence-corrected chi connectivity index (χ2v) is 2.69. The Morgan fingerprint density at radius 1 is 1.33 bits per heavy atom. The lowest BCUT2D eigenvalue weighted by Gasteiger charge is -2.21. The van der Waals surface area contributed by atoms with E-state index >= 15 is 0 Å². The van der Waals surface area contributed by atoms with E-state index in [-0.39, 0.29) is 0 Å². The van der Waals surface area contributed by atoms with Gasteiger partial charge in [-0.1, -0.05) is 12.2 Å². The number of nitrogens with zero attached hydrogens (tertiary/aromatic N) is 1. The van der Waals surface area contributed by atoms with Crippen molar-refractivity contribution in [2.24, 2.45) is 5.73 Å². The van der Waals surface area contributed by atoms with Gasteiger partial charge in [0.2, 0.25) is 0 Å². The molecule has 3 heteroatoms. The van der Waals surface area contributed by atoms with Crippen LogP contribution in [0.5, 0.6) is 0 Å². The standard InChI is InChI=1S/C9H18N2O/c1-3-5-11(6-4-2)8-9(12)7-10/h3-4,9,12H,1-2,5-8,10H2. The summed E-state index contributed by atoms with van der Waals surface area (Å²) in [6.45, 7) is 9.63. The van der Waals surface area contributed by atoms with E-state index in [4.69, 9.17) is 5.73 Å². The van der Waals surface area contributed by atoms with E-state index in [2.05, 4.69) is 13.2 Å². The summed E-state index contributed by atoms with van der Waals surface area (Å²) in [6, 6.07) is 0. The van der Waals surface area contributed by atoms with Gasteiger partial charge in [-0.2, -0.15) is 0 Å².